The molecular weight excluding hydrogens is 280 g/mol. The molecule has 0 aliphatic heterocycles. The van der Waals surface area contributed by atoms with Crippen LogP contribution in [0.3, 0.4) is 0 Å². The molecule has 0 amide bonds. The second-order valence-corrected chi connectivity index (χ2v) is 3.62. The van der Waals surface area contributed by atoms with E-state index >= 15 is 0 Å². The van der Waals surface area contributed by atoms with Crippen LogP contribution in [-0.2, 0) is 13.2 Å². The van der Waals surface area contributed by atoms with Crippen molar-refractivity contribution in [3.8, 4) is 0 Å². The molecule has 104 valence electrons. The first-order valence-electron chi connectivity index (χ1n) is 4.80. The molecule has 0 unspecified atom stereocenters. The molecule has 0 aliphatic rings. The Hall–Kier alpha value is -2.00. The number of fused-ring (bicyclic) bond motifs is 1. The van der Waals surface area contributed by atoms with Gasteiger partial charge in [0.2, 0.25) is 11.0 Å². The van der Waals surface area contributed by atoms with E-state index in [0.29, 0.717) is 6.07 Å². The van der Waals surface area contributed by atoms with E-state index in [4.69, 9.17) is 0 Å². The van der Waals surface area contributed by atoms with Crippen molar-refractivity contribution < 1.29 is 35.9 Å². The first-order chi connectivity index (χ1) is 8.58. The molecule has 0 atom stereocenters. The molecule has 0 saturated carbocycles. The lowest BCUT2D eigenvalue weighted by atomic mass is 10.2. The van der Waals surface area contributed by atoms with Gasteiger partial charge >= 0.3 is 12.5 Å². The van der Waals surface area contributed by atoms with Crippen molar-refractivity contribution in [2.75, 3.05) is 0 Å². The summed E-state index contributed by atoms with van der Waals surface area (Å²) < 4.78 is 74.7. The maximum absolute atomic E-state index is 12.5. The second-order valence-electron chi connectivity index (χ2n) is 3.62. The third-order valence-corrected chi connectivity index (χ3v) is 2.26. The Morgan fingerprint density at radius 2 is 1.79 bits per heavy atom. The minimum atomic E-state index is -5.06. The maximum atomic E-state index is 12.5. The third-order valence-electron chi connectivity index (χ3n) is 2.26. The molecule has 0 radical (unpaired) electrons. The average Bonchev–Trinajstić information content (AvgIpc) is 2.52. The molecular formula is C9H6F6N3O+. The highest BCUT2D eigenvalue weighted by atomic mass is 19.4. The van der Waals surface area contributed by atoms with E-state index in [1.54, 1.807) is 0 Å². The molecule has 4 nitrogen and oxygen atoms in total. The summed E-state index contributed by atoms with van der Waals surface area (Å²) >= 11 is 0. The Bertz CT molecular complexity index is 615. The molecule has 1 heterocycles. The molecule has 0 fully saturated rings. The lowest BCUT2D eigenvalue weighted by Gasteiger charge is -2.05. The van der Waals surface area contributed by atoms with Gasteiger partial charge in [-0.05, 0) is 12.1 Å². The van der Waals surface area contributed by atoms with Crippen LogP contribution in [0.2, 0.25) is 0 Å². The fourth-order valence-electron chi connectivity index (χ4n) is 1.51. The molecule has 0 bridgehead atoms. The number of aryl methyl sites for hydroxylation is 1. The van der Waals surface area contributed by atoms with Gasteiger partial charge in [0.15, 0.2) is 0 Å². The molecule has 2 aromatic rings. The summed E-state index contributed by atoms with van der Waals surface area (Å²) in [5, 5.41) is 3.32. The lowest BCUT2D eigenvalue weighted by molar-refractivity contribution is -0.712. The second kappa shape index (κ2) is 4.00. The number of hydrogen-bond donors (Lipinski definition) is 0. The SMILES string of the molecule is C[n+]1nn(OC(F)(F)F)c2cc(C(F)(F)F)ccc21. The quantitative estimate of drug-likeness (QED) is 0.591. The zero-order valence-electron chi connectivity index (χ0n) is 9.25. The van der Waals surface area contributed by atoms with Gasteiger partial charge in [-0.15, -0.1) is 17.9 Å². The van der Waals surface area contributed by atoms with Gasteiger partial charge in [0.25, 0.3) is 0 Å². The zero-order chi connectivity index (χ0) is 14.4. The maximum Gasteiger partial charge on any atom is 0.610 e. The molecule has 0 N–H and O–H groups in total. The molecule has 0 aliphatic carbocycles. The van der Waals surface area contributed by atoms with Crippen molar-refractivity contribution in [3.05, 3.63) is 23.8 Å². The number of nitrogens with zero attached hydrogens (tertiary/aromatic N) is 3. The number of halogens is 6. The molecule has 1 aromatic heterocycles. The van der Waals surface area contributed by atoms with Crippen molar-refractivity contribution in [2.24, 2.45) is 7.05 Å². The number of hydrogen-bond acceptors (Lipinski definition) is 2. The van der Waals surface area contributed by atoms with Crippen LogP contribution in [-0.4, -0.2) is 16.4 Å². The van der Waals surface area contributed by atoms with Crippen molar-refractivity contribution in [3.63, 3.8) is 0 Å². The summed E-state index contributed by atoms with van der Waals surface area (Å²) in [5.74, 6) is 0. The average molecular weight is 286 g/mol. The van der Waals surface area contributed by atoms with Crippen molar-refractivity contribution in [1.82, 2.24) is 10.1 Å². The van der Waals surface area contributed by atoms with Crippen LogP contribution in [0.4, 0.5) is 26.3 Å². The topological polar surface area (TPSA) is 30.9 Å². The van der Waals surface area contributed by atoms with Crippen LogP contribution in [0, 0.1) is 0 Å². The van der Waals surface area contributed by atoms with E-state index in [9.17, 15) is 26.3 Å². The van der Waals surface area contributed by atoms with Crippen LogP contribution in [0.1, 0.15) is 5.56 Å². The monoisotopic (exact) mass is 286 g/mol. The molecule has 0 spiro atoms. The smallest absolute Gasteiger partial charge is 0.202 e. The van der Waals surface area contributed by atoms with Gasteiger partial charge in [-0.25, -0.2) is 4.84 Å². The highest BCUT2D eigenvalue weighted by Gasteiger charge is 2.39. The molecule has 10 heteroatoms. The van der Waals surface area contributed by atoms with Crippen LogP contribution >= 0.6 is 0 Å². The number of benzene rings is 1. The summed E-state index contributed by atoms with van der Waals surface area (Å²) in [4.78, 5) is 3.53. The Morgan fingerprint density at radius 3 is 2.32 bits per heavy atom. The largest absolute Gasteiger partial charge is 0.610 e. The molecule has 1 aromatic carbocycles. The van der Waals surface area contributed by atoms with Gasteiger partial charge < -0.3 is 0 Å². The Balaban J connectivity index is 2.59. The third kappa shape index (κ3) is 2.71. The standard InChI is InChI=1S/C9H6F6N3O/c1-17-6-3-2-5(8(10,11)12)4-7(6)18(16-17)19-9(13,14)15/h2-4H,1H3/q+1. The van der Waals surface area contributed by atoms with Gasteiger partial charge in [0, 0.05) is 6.07 Å². The van der Waals surface area contributed by atoms with E-state index in [-0.39, 0.29) is 10.4 Å². The Labute approximate surface area is 101 Å². The zero-order valence-corrected chi connectivity index (χ0v) is 9.25. The molecule has 19 heavy (non-hydrogen) atoms. The summed E-state index contributed by atoms with van der Waals surface area (Å²) in [7, 11) is 1.28. The number of alkyl halides is 6. The number of aromatic nitrogens is 3. The van der Waals surface area contributed by atoms with Crippen LogP contribution in [0.15, 0.2) is 18.2 Å². The summed E-state index contributed by atoms with van der Waals surface area (Å²) in [6, 6.07) is 2.30. The van der Waals surface area contributed by atoms with Crippen molar-refractivity contribution >= 4 is 11.0 Å². The van der Waals surface area contributed by atoms with Crippen LogP contribution in [0.5, 0.6) is 0 Å². The first kappa shape index (κ1) is 13.4. The van der Waals surface area contributed by atoms with Gasteiger partial charge in [-0.2, -0.15) is 13.2 Å². The van der Waals surface area contributed by atoms with Gasteiger partial charge in [0.1, 0.15) is 12.3 Å². The normalized spacial score (nSPS) is 13.0. The first-order valence-corrected chi connectivity index (χ1v) is 4.80. The van der Waals surface area contributed by atoms with E-state index < -0.39 is 23.6 Å². The summed E-state index contributed by atoms with van der Waals surface area (Å²) in [6.07, 6.45) is -9.72. The summed E-state index contributed by atoms with van der Waals surface area (Å²) in [6.45, 7) is 0. The van der Waals surface area contributed by atoms with Gasteiger partial charge in [0.05, 0.1) is 10.4 Å². The Morgan fingerprint density at radius 1 is 1.16 bits per heavy atom. The van der Waals surface area contributed by atoms with Gasteiger partial charge in [-0.1, -0.05) is 0 Å². The minimum Gasteiger partial charge on any atom is -0.202 e. The fourth-order valence-corrected chi connectivity index (χ4v) is 1.51. The van der Waals surface area contributed by atoms with Crippen molar-refractivity contribution in [1.29, 1.82) is 0 Å². The highest BCUT2D eigenvalue weighted by molar-refractivity contribution is 5.72. The van der Waals surface area contributed by atoms with Crippen LogP contribution < -0.4 is 9.52 Å². The van der Waals surface area contributed by atoms with Gasteiger partial charge in [-0.3, -0.25) is 0 Å². The van der Waals surface area contributed by atoms with E-state index in [1.165, 1.54) is 7.05 Å². The summed E-state index contributed by atoms with van der Waals surface area (Å²) in [5.41, 5.74) is -1.46. The van der Waals surface area contributed by atoms with Crippen LogP contribution in [0.25, 0.3) is 11.0 Å². The lowest BCUT2D eigenvalue weighted by Crippen LogP contribution is -2.35. The highest BCUT2D eigenvalue weighted by Crippen LogP contribution is 2.30. The van der Waals surface area contributed by atoms with E-state index in [2.05, 4.69) is 10.1 Å². The Kier molecular flexibility index (Phi) is 2.83. The minimum absolute atomic E-state index is 0.00454. The predicted molar refractivity (Wildman–Crippen MR) is 48.5 cm³/mol. The molecule has 2 rings (SSSR count). The molecule has 0 saturated heterocycles. The van der Waals surface area contributed by atoms with E-state index in [0.717, 1.165) is 16.8 Å². The van der Waals surface area contributed by atoms with E-state index in [1.807, 2.05) is 0 Å². The van der Waals surface area contributed by atoms with Crippen molar-refractivity contribution in [2.45, 2.75) is 12.5 Å². The predicted octanol–water partition coefficient (Wildman–Crippen LogP) is 1.83. The fraction of sp³-hybridized carbons (Fsp3) is 0.333. The number of rotatable bonds is 1.